The smallest absolute Gasteiger partial charge is 0.372 e. The fourth-order valence-electron chi connectivity index (χ4n) is 7.46. The molecule has 4 heterocycles. The van der Waals surface area contributed by atoms with E-state index in [9.17, 15) is 40.3 Å². The molecule has 3 aliphatic rings. The number of nitrogens with one attached hydrogen (secondary N) is 2. The highest BCUT2D eigenvalue weighted by Crippen LogP contribution is 2.47. The Kier molecular flexibility index (Phi) is 9.62. The van der Waals surface area contributed by atoms with E-state index in [1.165, 1.54) is 34.8 Å². The van der Waals surface area contributed by atoms with Crippen LogP contribution in [0, 0.1) is 17.8 Å². The van der Waals surface area contributed by atoms with Gasteiger partial charge in [0.15, 0.2) is 0 Å². The normalized spacial score (nSPS) is 24.5. The molecule has 2 N–H and O–H groups in total. The molecule has 1 saturated heterocycles. The van der Waals surface area contributed by atoms with Crippen LogP contribution in [-0.2, 0) is 28.1 Å². The molecule has 6 rings (SSSR count). The molecule has 3 aromatic heterocycles. The average Bonchev–Trinajstić information content (AvgIpc) is 3.71. The number of carbonyl (C=O) groups is 2. The Labute approximate surface area is 282 Å². The minimum Gasteiger partial charge on any atom is -0.372 e. The topological polar surface area (TPSA) is 128 Å². The van der Waals surface area contributed by atoms with Crippen LogP contribution in [-0.4, -0.2) is 72.9 Å². The lowest BCUT2D eigenvalue weighted by molar-refractivity contribution is -0.183. The van der Waals surface area contributed by atoms with Crippen molar-refractivity contribution in [3.8, 4) is 0 Å². The monoisotopic (exact) mass is 716 g/mol. The second-order valence-corrected chi connectivity index (χ2v) is 13.7. The van der Waals surface area contributed by atoms with Crippen molar-refractivity contribution in [2.24, 2.45) is 17.8 Å². The van der Waals surface area contributed by atoms with E-state index < -0.39 is 97.9 Å². The molecule has 3 fully saturated rings. The van der Waals surface area contributed by atoms with Gasteiger partial charge in [0.1, 0.15) is 11.3 Å². The number of nitrogens with zero attached hydrogens (tertiary/aromatic N) is 6. The second kappa shape index (κ2) is 13.4. The third-order valence-corrected chi connectivity index (χ3v) is 10.5. The number of methoxy groups -OCH3 is 1. The van der Waals surface area contributed by atoms with Gasteiger partial charge >= 0.3 is 6.18 Å². The van der Waals surface area contributed by atoms with Crippen LogP contribution in [0.4, 0.5) is 30.7 Å². The zero-order valence-corrected chi connectivity index (χ0v) is 27.6. The quantitative estimate of drug-likeness (QED) is 0.278. The van der Waals surface area contributed by atoms with Gasteiger partial charge in [-0.15, -0.1) is 0 Å². The van der Waals surface area contributed by atoms with E-state index in [1.54, 1.807) is 6.92 Å². The molecule has 2 aliphatic carbocycles. The predicted octanol–water partition coefficient (Wildman–Crippen LogP) is 5.55. The summed E-state index contributed by atoms with van der Waals surface area (Å²) in [6.07, 6.45) is -4.48. The number of aryl methyl sites for hydroxylation is 1. The van der Waals surface area contributed by atoms with Gasteiger partial charge in [0, 0.05) is 64.4 Å². The Morgan fingerprint density at radius 2 is 1.76 bits per heavy atom. The molecule has 0 radical (unpaired) electrons. The summed E-state index contributed by atoms with van der Waals surface area (Å²) < 4.78 is 107. The lowest BCUT2D eigenvalue weighted by Gasteiger charge is -2.39. The first-order valence-corrected chi connectivity index (χ1v) is 16.8. The zero-order valence-electron chi connectivity index (χ0n) is 27.6. The van der Waals surface area contributed by atoms with E-state index in [2.05, 4.69) is 25.8 Å². The van der Waals surface area contributed by atoms with Gasteiger partial charge in [-0.2, -0.15) is 23.4 Å². The highest BCUT2D eigenvalue weighted by molar-refractivity contribution is 5.92. The third-order valence-electron chi connectivity index (χ3n) is 10.5. The molecule has 2 amide bonds. The fraction of sp³-hybridized carbons (Fsp3) is 0.688. The molecule has 3 atom stereocenters. The lowest BCUT2D eigenvalue weighted by atomic mass is 9.78. The van der Waals surface area contributed by atoms with Gasteiger partial charge in [0.2, 0.25) is 17.8 Å². The lowest BCUT2D eigenvalue weighted by Crippen LogP contribution is -2.47. The minimum absolute atomic E-state index is 0.0206. The van der Waals surface area contributed by atoms with Gasteiger partial charge in [-0.05, 0) is 51.0 Å². The van der Waals surface area contributed by atoms with Crippen molar-refractivity contribution in [1.29, 1.82) is 0 Å². The highest BCUT2D eigenvalue weighted by Gasteiger charge is 2.49. The van der Waals surface area contributed by atoms with Crippen molar-refractivity contribution in [2.75, 3.05) is 13.7 Å². The van der Waals surface area contributed by atoms with Crippen LogP contribution in [0.3, 0.4) is 0 Å². The molecular formula is C32H39F7N8O3. The third kappa shape index (κ3) is 7.30. The van der Waals surface area contributed by atoms with Crippen molar-refractivity contribution >= 4 is 17.6 Å². The largest absolute Gasteiger partial charge is 0.393 e. The van der Waals surface area contributed by atoms with E-state index in [1.807, 2.05) is 0 Å². The van der Waals surface area contributed by atoms with Crippen LogP contribution < -0.4 is 10.6 Å². The van der Waals surface area contributed by atoms with E-state index in [0.29, 0.717) is 6.54 Å². The van der Waals surface area contributed by atoms with Gasteiger partial charge in [-0.1, -0.05) is 0 Å². The molecule has 50 heavy (non-hydrogen) atoms. The van der Waals surface area contributed by atoms with Gasteiger partial charge in [0.05, 0.1) is 35.2 Å². The maximum atomic E-state index is 14.3. The average molecular weight is 717 g/mol. The number of amides is 2. The van der Waals surface area contributed by atoms with E-state index in [0.717, 1.165) is 0 Å². The molecule has 0 bridgehead atoms. The van der Waals surface area contributed by atoms with Crippen LogP contribution in [0.1, 0.15) is 98.3 Å². The van der Waals surface area contributed by atoms with Crippen LogP contribution in [0.5, 0.6) is 0 Å². The number of halogens is 7. The van der Waals surface area contributed by atoms with Crippen LogP contribution >= 0.6 is 0 Å². The summed E-state index contributed by atoms with van der Waals surface area (Å²) in [5, 5.41) is 14.0. The number of imidazole rings is 1. The second-order valence-electron chi connectivity index (χ2n) is 13.7. The molecule has 0 spiro atoms. The van der Waals surface area contributed by atoms with Crippen LogP contribution in [0.15, 0.2) is 18.5 Å². The Balaban J connectivity index is 1.41. The highest BCUT2D eigenvalue weighted by atomic mass is 19.4. The van der Waals surface area contributed by atoms with E-state index in [4.69, 9.17) is 9.72 Å². The molecule has 2 saturated carbocycles. The van der Waals surface area contributed by atoms with Crippen LogP contribution in [0.25, 0.3) is 5.78 Å². The zero-order chi connectivity index (χ0) is 36.1. The van der Waals surface area contributed by atoms with Gasteiger partial charge in [0.25, 0.3) is 11.7 Å². The number of aromatic nitrogens is 6. The number of carbonyl (C=O) groups excluding carboxylic acids is 2. The standard InChI is InChI=1S/C32H39F7N8O3/c1-3-46-23(6-13-41-46)27(49)43-24(18-4-7-30(33,34)8-5-18)22-17-47-28(42-22)44-25(29(50-2)9-11-31(35,36)12-10-29)21(45-47)15-19-14-20(32(37,38)39)16-40-26(19)48/h6,13,17-20,24H,3-5,7-12,14-16H2,1-2H3,(H,40,48)(H,43,49)/t19-,20-,24+/m1/s1. The number of rotatable bonds is 9. The fourth-order valence-corrected chi connectivity index (χ4v) is 7.46. The summed E-state index contributed by atoms with van der Waals surface area (Å²) in [7, 11) is 1.33. The van der Waals surface area contributed by atoms with Crippen molar-refractivity contribution < 1.29 is 45.1 Å². The van der Waals surface area contributed by atoms with Crippen molar-refractivity contribution in [3.05, 3.63) is 41.2 Å². The summed E-state index contributed by atoms with van der Waals surface area (Å²) in [5.74, 6) is -10.3. The van der Waals surface area contributed by atoms with Gasteiger partial charge in [-0.3, -0.25) is 14.3 Å². The summed E-state index contributed by atoms with van der Waals surface area (Å²) in [6.45, 7) is 1.65. The summed E-state index contributed by atoms with van der Waals surface area (Å²) in [4.78, 5) is 35.6. The number of ether oxygens (including phenoxy) is 1. The van der Waals surface area contributed by atoms with E-state index in [-0.39, 0.29) is 60.7 Å². The molecule has 1 aliphatic heterocycles. The molecule has 274 valence electrons. The Morgan fingerprint density at radius 1 is 1.08 bits per heavy atom. The van der Waals surface area contributed by atoms with Gasteiger partial charge in [-0.25, -0.2) is 32.0 Å². The Hall–Kier alpha value is -3.83. The SMILES string of the molecule is CCn1nccc1C(=O)N[C@H](c1cn2nc(C[C@H]3C[C@@H](C(F)(F)F)CNC3=O)c(C3(OC)CCC(F)(F)CC3)nc2n1)C1CCC(F)(F)CC1. The number of alkyl halides is 7. The first kappa shape index (κ1) is 36.0. The van der Waals surface area contributed by atoms with Gasteiger partial charge < -0.3 is 15.4 Å². The number of piperidine rings is 1. The molecule has 0 aromatic carbocycles. The minimum atomic E-state index is -4.55. The first-order chi connectivity index (χ1) is 23.5. The number of fused-ring (bicyclic) bond motifs is 1. The number of hydrogen-bond acceptors (Lipinski definition) is 7. The Bertz CT molecular complexity index is 1700. The Morgan fingerprint density at radius 3 is 2.40 bits per heavy atom. The van der Waals surface area contributed by atoms with E-state index >= 15 is 0 Å². The molecule has 3 aromatic rings. The first-order valence-electron chi connectivity index (χ1n) is 16.8. The summed E-state index contributed by atoms with van der Waals surface area (Å²) >= 11 is 0. The summed E-state index contributed by atoms with van der Waals surface area (Å²) in [6, 6.07) is 0.662. The molecular weight excluding hydrogens is 677 g/mol. The molecule has 0 unspecified atom stereocenters. The van der Waals surface area contributed by atoms with Crippen molar-refractivity contribution in [3.63, 3.8) is 0 Å². The molecule has 11 nitrogen and oxygen atoms in total. The van der Waals surface area contributed by atoms with Crippen molar-refractivity contribution in [2.45, 2.75) is 107 Å². The summed E-state index contributed by atoms with van der Waals surface area (Å²) in [5.41, 5.74) is -0.725. The number of hydrogen-bond donors (Lipinski definition) is 2. The molecule has 18 heteroatoms. The maximum absolute atomic E-state index is 14.3. The van der Waals surface area contributed by atoms with Crippen LogP contribution in [0.2, 0.25) is 0 Å². The predicted molar refractivity (Wildman–Crippen MR) is 162 cm³/mol. The maximum Gasteiger partial charge on any atom is 0.393 e. The van der Waals surface area contributed by atoms with Crippen molar-refractivity contribution in [1.82, 2.24) is 40.0 Å².